The molecule has 0 bridgehead atoms. The number of urea groups is 2. The normalized spacial score (nSPS) is 25.6. The quantitative estimate of drug-likeness (QED) is 0.421. The average Bonchev–Trinajstić information content (AvgIpc) is 2.90. The Hall–Kier alpha value is -1.42. The molecule has 2 saturated heterocycles. The highest BCUT2D eigenvalue weighted by molar-refractivity contribution is 8.77. The molecule has 10 heteroatoms. The second-order valence-electron chi connectivity index (χ2n) is 6.17. The van der Waals surface area contributed by atoms with Crippen molar-refractivity contribution < 1.29 is 19.2 Å². The molecule has 122 valence electrons. The summed E-state index contributed by atoms with van der Waals surface area (Å²) in [6.45, 7) is 7.35. The molecule has 22 heavy (non-hydrogen) atoms. The highest BCUT2D eigenvalue weighted by Gasteiger charge is 2.46. The van der Waals surface area contributed by atoms with Gasteiger partial charge in [0.05, 0.1) is 9.49 Å². The minimum Gasteiger partial charge on any atom is -0.325 e. The fraction of sp³-hybridized carbons (Fsp3) is 0.667. The van der Waals surface area contributed by atoms with Gasteiger partial charge in [-0.25, -0.2) is 9.59 Å². The summed E-state index contributed by atoms with van der Waals surface area (Å²) >= 11 is 0. The van der Waals surface area contributed by atoms with Gasteiger partial charge in [-0.05, 0) is 27.7 Å². The van der Waals surface area contributed by atoms with Crippen LogP contribution in [0.25, 0.3) is 0 Å². The van der Waals surface area contributed by atoms with E-state index in [4.69, 9.17) is 0 Å². The predicted molar refractivity (Wildman–Crippen MR) is 84.3 cm³/mol. The van der Waals surface area contributed by atoms with Gasteiger partial charge in [0, 0.05) is 0 Å². The van der Waals surface area contributed by atoms with Gasteiger partial charge in [-0.1, -0.05) is 21.6 Å². The number of carbonyl (C=O) groups excluding carboxylic acids is 4. The van der Waals surface area contributed by atoms with E-state index in [-0.39, 0.29) is 11.8 Å². The number of imide groups is 2. The first-order valence-electron chi connectivity index (χ1n) is 6.62. The van der Waals surface area contributed by atoms with Gasteiger partial charge in [-0.2, -0.15) is 0 Å². The van der Waals surface area contributed by atoms with E-state index in [0.717, 1.165) is 0 Å². The molecule has 4 N–H and O–H groups in total. The highest BCUT2D eigenvalue weighted by Crippen LogP contribution is 2.47. The molecule has 8 nitrogen and oxygen atoms in total. The highest BCUT2D eigenvalue weighted by atomic mass is 33.1. The lowest BCUT2D eigenvalue weighted by Gasteiger charge is -2.34. The first-order chi connectivity index (χ1) is 10.0. The van der Waals surface area contributed by atoms with Gasteiger partial charge in [0.25, 0.3) is 11.8 Å². The summed E-state index contributed by atoms with van der Waals surface area (Å²) in [7, 11) is 2.78. The fourth-order valence-electron chi connectivity index (χ4n) is 2.12. The van der Waals surface area contributed by atoms with E-state index in [9.17, 15) is 19.2 Å². The Bertz CT molecular complexity index is 501. The standard InChI is InChI=1S/C12H18N4O4S2/c1-11(2,5-7(17)15-9(19)13-5)21-22-12(3,4)6-8(18)16-10(20)14-6/h5-6H,1-4H3,(H2,13,15,17,19)(H2,14,16,18,20)/t5-,6-/m1/s1. The summed E-state index contributed by atoms with van der Waals surface area (Å²) in [5.74, 6) is -0.736. The molecule has 2 aliphatic rings. The van der Waals surface area contributed by atoms with Gasteiger partial charge in [0.2, 0.25) is 0 Å². The molecular formula is C12H18N4O4S2. The molecule has 6 amide bonds. The Kier molecular flexibility index (Phi) is 4.35. The Balaban J connectivity index is 2.01. The third-order valence-electron chi connectivity index (χ3n) is 3.41. The number of hydrogen-bond donors (Lipinski definition) is 4. The zero-order valence-corrected chi connectivity index (χ0v) is 14.2. The van der Waals surface area contributed by atoms with E-state index < -0.39 is 33.6 Å². The van der Waals surface area contributed by atoms with Crippen molar-refractivity contribution in [1.29, 1.82) is 0 Å². The third-order valence-corrected chi connectivity index (χ3v) is 7.65. The summed E-state index contributed by atoms with van der Waals surface area (Å²) in [6.07, 6.45) is 0. The number of hydrogen-bond acceptors (Lipinski definition) is 6. The van der Waals surface area contributed by atoms with Crippen LogP contribution >= 0.6 is 21.6 Å². The van der Waals surface area contributed by atoms with Gasteiger partial charge < -0.3 is 10.6 Å². The molecule has 0 spiro atoms. The van der Waals surface area contributed by atoms with Gasteiger partial charge in [0.15, 0.2) is 0 Å². The molecule has 0 unspecified atom stereocenters. The Morgan fingerprint density at radius 2 is 1.05 bits per heavy atom. The zero-order chi connectivity index (χ0) is 16.7. The Labute approximate surface area is 135 Å². The summed E-state index contributed by atoms with van der Waals surface area (Å²) in [5, 5.41) is 9.58. The minimum absolute atomic E-state index is 0.368. The van der Waals surface area contributed by atoms with E-state index in [2.05, 4.69) is 21.3 Å². The SMILES string of the molecule is CC(C)(SSC(C)(C)[C@@H]1NC(=O)NC1=O)[C@@H]1NC(=O)NC1=O. The van der Waals surface area contributed by atoms with Gasteiger partial charge in [0.1, 0.15) is 12.1 Å². The topological polar surface area (TPSA) is 116 Å². The van der Waals surface area contributed by atoms with E-state index in [0.29, 0.717) is 0 Å². The van der Waals surface area contributed by atoms with Crippen LogP contribution in [0.2, 0.25) is 0 Å². The molecule has 2 atom stereocenters. The Morgan fingerprint density at radius 3 is 1.27 bits per heavy atom. The molecule has 0 aromatic rings. The lowest BCUT2D eigenvalue weighted by atomic mass is 10.0. The smallest absolute Gasteiger partial charge is 0.322 e. The second-order valence-corrected chi connectivity index (χ2v) is 9.60. The van der Waals surface area contributed by atoms with Crippen LogP contribution in [0.15, 0.2) is 0 Å². The van der Waals surface area contributed by atoms with Crippen molar-refractivity contribution in [3.63, 3.8) is 0 Å². The Morgan fingerprint density at radius 1 is 0.727 bits per heavy atom. The maximum atomic E-state index is 11.8. The van der Waals surface area contributed by atoms with Crippen LogP contribution in [0.4, 0.5) is 9.59 Å². The minimum atomic E-state index is -0.653. The third kappa shape index (κ3) is 3.32. The number of nitrogens with one attached hydrogen (secondary N) is 4. The summed E-state index contributed by atoms with van der Waals surface area (Å²) in [5.41, 5.74) is 0. The summed E-state index contributed by atoms with van der Waals surface area (Å²) < 4.78 is -1.17. The zero-order valence-electron chi connectivity index (χ0n) is 12.6. The van der Waals surface area contributed by atoms with Crippen LogP contribution in [0.1, 0.15) is 27.7 Å². The van der Waals surface area contributed by atoms with Crippen LogP contribution in [-0.4, -0.2) is 45.5 Å². The molecule has 0 aromatic heterocycles. The van der Waals surface area contributed by atoms with Crippen LogP contribution in [0.5, 0.6) is 0 Å². The van der Waals surface area contributed by atoms with Crippen molar-refractivity contribution in [3.05, 3.63) is 0 Å². The largest absolute Gasteiger partial charge is 0.325 e. The summed E-state index contributed by atoms with van der Waals surface area (Å²) in [6, 6.07) is -2.31. The second kappa shape index (κ2) is 5.65. The molecule has 2 aliphatic heterocycles. The van der Waals surface area contributed by atoms with Crippen molar-refractivity contribution in [2.45, 2.75) is 49.3 Å². The lowest BCUT2D eigenvalue weighted by molar-refractivity contribution is -0.121. The molecular weight excluding hydrogens is 328 g/mol. The van der Waals surface area contributed by atoms with E-state index in [1.165, 1.54) is 21.6 Å². The van der Waals surface area contributed by atoms with Crippen molar-refractivity contribution in [2.24, 2.45) is 0 Å². The van der Waals surface area contributed by atoms with Crippen LogP contribution < -0.4 is 21.3 Å². The van der Waals surface area contributed by atoms with Crippen LogP contribution in [0.3, 0.4) is 0 Å². The first-order valence-corrected chi connectivity index (χ1v) is 8.77. The van der Waals surface area contributed by atoms with Crippen molar-refractivity contribution in [2.75, 3.05) is 0 Å². The first kappa shape index (κ1) is 16.9. The van der Waals surface area contributed by atoms with Crippen LogP contribution in [-0.2, 0) is 9.59 Å². The van der Waals surface area contributed by atoms with Gasteiger partial charge in [-0.3, -0.25) is 20.2 Å². The van der Waals surface area contributed by atoms with Crippen molar-refractivity contribution in [3.8, 4) is 0 Å². The number of amides is 6. The molecule has 0 aromatic carbocycles. The molecule has 0 aliphatic carbocycles. The number of carbonyl (C=O) groups is 4. The number of rotatable bonds is 5. The maximum Gasteiger partial charge on any atom is 0.322 e. The molecule has 2 fully saturated rings. The molecule has 0 radical (unpaired) electrons. The lowest BCUT2D eigenvalue weighted by Crippen LogP contribution is -2.48. The maximum absolute atomic E-state index is 11.8. The van der Waals surface area contributed by atoms with E-state index in [1.807, 2.05) is 27.7 Å². The summed E-state index contributed by atoms with van der Waals surface area (Å²) in [4.78, 5) is 46.0. The van der Waals surface area contributed by atoms with Gasteiger partial charge in [-0.15, -0.1) is 0 Å². The molecule has 0 saturated carbocycles. The van der Waals surface area contributed by atoms with Gasteiger partial charge >= 0.3 is 12.1 Å². The van der Waals surface area contributed by atoms with E-state index in [1.54, 1.807) is 0 Å². The molecule has 2 heterocycles. The van der Waals surface area contributed by atoms with Crippen molar-refractivity contribution >= 4 is 45.5 Å². The fourth-order valence-corrected chi connectivity index (χ4v) is 4.94. The average molecular weight is 346 g/mol. The van der Waals surface area contributed by atoms with E-state index >= 15 is 0 Å². The molecule has 2 rings (SSSR count). The monoisotopic (exact) mass is 346 g/mol. The van der Waals surface area contributed by atoms with Crippen LogP contribution in [0, 0.1) is 0 Å². The predicted octanol–water partition coefficient (Wildman–Crippen LogP) is 0.341. The van der Waals surface area contributed by atoms with Crippen molar-refractivity contribution in [1.82, 2.24) is 21.3 Å².